The molecule has 396 valence electrons. The van der Waals surface area contributed by atoms with E-state index < -0.39 is 0 Å². The lowest BCUT2D eigenvalue weighted by molar-refractivity contribution is -0.0277. The van der Waals surface area contributed by atoms with Crippen LogP contribution in [0.4, 0.5) is 0 Å². The molecule has 12 nitrogen and oxygen atoms in total. The van der Waals surface area contributed by atoms with Crippen molar-refractivity contribution in [2.45, 2.75) is 168 Å². The second-order valence-corrected chi connectivity index (χ2v) is 17.4. The summed E-state index contributed by atoms with van der Waals surface area (Å²) in [6.07, 6.45) is 32.7. The number of unbranched alkanes of at least 4 members (excludes halogenated alkanes) is 21. The lowest BCUT2D eigenvalue weighted by Crippen LogP contribution is -2.15. The first-order chi connectivity index (χ1) is 33.4. The molecule has 0 fully saturated rings. The van der Waals surface area contributed by atoms with E-state index >= 15 is 0 Å². The molecule has 1 rings (SSSR count). The predicted octanol–water partition coefficient (Wildman–Crippen LogP) is 11.8. The van der Waals surface area contributed by atoms with E-state index in [-0.39, 0.29) is 0 Å². The minimum Gasteiger partial charge on any atom is -0.491 e. The molecule has 0 saturated carbocycles. The van der Waals surface area contributed by atoms with Gasteiger partial charge in [-0.3, -0.25) is 0 Å². The van der Waals surface area contributed by atoms with E-state index in [1.54, 1.807) is 0 Å². The fourth-order valence-electron chi connectivity index (χ4n) is 7.31. The highest BCUT2D eigenvalue weighted by atomic mass is 16.6. The summed E-state index contributed by atoms with van der Waals surface area (Å²) in [4.78, 5) is 0. The maximum absolute atomic E-state index is 5.80. The lowest BCUT2D eigenvalue weighted by atomic mass is 10.0. The summed E-state index contributed by atoms with van der Waals surface area (Å²) in [6, 6.07) is 8.47. The van der Waals surface area contributed by atoms with Crippen molar-refractivity contribution < 1.29 is 56.8 Å². The largest absolute Gasteiger partial charge is 0.491 e. The standard InChI is InChI=1S/C55H104O12/c1-3-5-7-9-11-12-13-14-15-16-17-18-19-21-23-25-31-56-32-33-57-34-35-58-36-37-59-38-39-60-40-41-61-42-43-62-44-45-63-46-47-64-48-49-65-50-51-66-52-53-67-55-29-27-54(28-30-55)26-24-22-20-10-8-6-4-2/h27-30H,3-26,31-53H2,1-2H3. The molecule has 0 aliphatic heterocycles. The number of hydrogen-bond acceptors (Lipinski definition) is 12. The molecule has 0 spiro atoms. The van der Waals surface area contributed by atoms with Crippen LogP contribution in [0.15, 0.2) is 24.3 Å². The highest BCUT2D eigenvalue weighted by Gasteiger charge is 2.01. The molecule has 0 aliphatic rings. The van der Waals surface area contributed by atoms with Crippen LogP contribution in [0.5, 0.6) is 5.75 Å². The van der Waals surface area contributed by atoms with Crippen LogP contribution >= 0.6 is 0 Å². The molecule has 0 radical (unpaired) electrons. The summed E-state index contributed by atoms with van der Waals surface area (Å²) in [7, 11) is 0. The Labute approximate surface area is 411 Å². The Bertz CT molecular complexity index is 1040. The van der Waals surface area contributed by atoms with Crippen molar-refractivity contribution in [3.63, 3.8) is 0 Å². The average Bonchev–Trinajstić information content (AvgIpc) is 3.34. The van der Waals surface area contributed by atoms with Crippen LogP contribution in [0.3, 0.4) is 0 Å². The summed E-state index contributed by atoms with van der Waals surface area (Å²) in [5.41, 5.74) is 1.38. The van der Waals surface area contributed by atoms with Gasteiger partial charge in [0, 0.05) is 6.61 Å². The Morgan fingerprint density at radius 2 is 0.448 bits per heavy atom. The molecule has 67 heavy (non-hydrogen) atoms. The Kier molecular flexibility index (Phi) is 54.3. The molecule has 1 aromatic carbocycles. The third-order valence-electron chi connectivity index (χ3n) is 11.4. The summed E-state index contributed by atoms with van der Waals surface area (Å²) in [5.74, 6) is 0.889. The zero-order valence-electron chi connectivity index (χ0n) is 43.4. The van der Waals surface area contributed by atoms with Gasteiger partial charge in [0.2, 0.25) is 0 Å². The van der Waals surface area contributed by atoms with Crippen molar-refractivity contribution in [1.82, 2.24) is 0 Å². The maximum atomic E-state index is 5.80. The summed E-state index contributed by atoms with van der Waals surface area (Å²) in [5, 5.41) is 0. The highest BCUT2D eigenvalue weighted by molar-refractivity contribution is 5.27. The smallest absolute Gasteiger partial charge is 0.119 e. The zero-order chi connectivity index (χ0) is 47.7. The Morgan fingerprint density at radius 3 is 0.731 bits per heavy atom. The van der Waals surface area contributed by atoms with E-state index in [1.165, 1.54) is 147 Å². The molecular weight excluding hydrogens is 853 g/mol. The minimum atomic E-state index is 0.516. The normalized spacial score (nSPS) is 11.6. The van der Waals surface area contributed by atoms with Gasteiger partial charge >= 0.3 is 0 Å². The number of hydrogen-bond donors (Lipinski definition) is 0. The molecule has 0 saturated heterocycles. The van der Waals surface area contributed by atoms with Gasteiger partial charge in [0.25, 0.3) is 0 Å². The summed E-state index contributed by atoms with van der Waals surface area (Å²) in [6.45, 7) is 17.2. The van der Waals surface area contributed by atoms with Crippen molar-refractivity contribution in [3.05, 3.63) is 29.8 Å². The van der Waals surface area contributed by atoms with E-state index in [2.05, 4.69) is 38.1 Å². The van der Waals surface area contributed by atoms with Gasteiger partial charge in [-0.25, -0.2) is 0 Å². The zero-order valence-corrected chi connectivity index (χ0v) is 43.4. The van der Waals surface area contributed by atoms with Gasteiger partial charge in [0.05, 0.1) is 139 Å². The third-order valence-corrected chi connectivity index (χ3v) is 11.4. The van der Waals surface area contributed by atoms with Gasteiger partial charge < -0.3 is 56.8 Å². The molecule has 0 atom stereocenters. The molecule has 1 aromatic rings. The van der Waals surface area contributed by atoms with Crippen molar-refractivity contribution in [3.8, 4) is 5.75 Å². The van der Waals surface area contributed by atoms with Gasteiger partial charge in [0.1, 0.15) is 12.4 Å². The lowest BCUT2D eigenvalue weighted by Gasteiger charge is -2.09. The first-order valence-electron chi connectivity index (χ1n) is 27.4. The van der Waals surface area contributed by atoms with Crippen LogP contribution in [0.25, 0.3) is 0 Å². The molecule has 0 aliphatic carbocycles. The molecule has 12 heteroatoms. The van der Waals surface area contributed by atoms with E-state index in [0.29, 0.717) is 145 Å². The van der Waals surface area contributed by atoms with Gasteiger partial charge in [-0.05, 0) is 37.0 Å². The Morgan fingerprint density at radius 1 is 0.224 bits per heavy atom. The summed E-state index contributed by atoms with van der Waals surface area (Å²) < 4.78 is 67.2. The average molecular weight is 957 g/mol. The molecule has 0 heterocycles. The predicted molar refractivity (Wildman–Crippen MR) is 272 cm³/mol. The topological polar surface area (TPSA) is 111 Å². The third kappa shape index (κ3) is 52.2. The van der Waals surface area contributed by atoms with Crippen LogP contribution in [-0.4, -0.2) is 152 Å². The second kappa shape index (κ2) is 57.2. The van der Waals surface area contributed by atoms with Crippen LogP contribution in [-0.2, 0) is 58.5 Å². The van der Waals surface area contributed by atoms with E-state index in [4.69, 9.17) is 56.8 Å². The molecule has 0 bridgehead atoms. The Balaban J connectivity index is 1.64. The highest BCUT2D eigenvalue weighted by Crippen LogP contribution is 2.16. The molecule has 0 aromatic heterocycles. The summed E-state index contributed by atoms with van der Waals surface area (Å²) >= 11 is 0. The van der Waals surface area contributed by atoms with Gasteiger partial charge in [-0.2, -0.15) is 0 Å². The van der Waals surface area contributed by atoms with Crippen molar-refractivity contribution in [1.29, 1.82) is 0 Å². The molecular formula is C55H104O12. The van der Waals surface area contributed by atoms with Gasteiger partial charge in [-0.15, -0.1) is 0 Å². The van der Waals surface area contributed by atoms with E-state index in [1.807, 2.05) is 0 Å². The van der Waals surface area contributed by atoms with Crippen LogP contribution in [0.1, 0.15) is 167 Å². The monoisotopic (exact) mass is 957 g/mol. The van der Waals surface area contributed by atoms with Crippen molar-refractivity contribution in [2.75, 3.05) is 152 Å². The fraction of sp³-hybridized carbons (Fsp3) is 0.891. The van der Waals surface area contributed by atoms with Crippen molar-refractivity contribution >= 4 is 0 Å². The molecule has 0 N–H and O–H groups in total. The quantitative estimate of drug-likeness (QED) is 0.0580. The van der Waals surface area contributed by atoms with Crippen LogP contribution in [0, 0.1) is 0 Å². The number of ether oxygens (including phenoxy) is 12. The number of aryl methyl sites for hydroxylation is 1. The molecule has 0 unspecified atom stereocenters. The Hall–Kier alpha value is -1.42. The van der Waals surface area contributed by atoms with Gasteiger partial charge in [-0.1, -0.05) is 161 Å². The van der Waals surface area contributed by atoms with E-state index in [9.17, 15) is 0 Å². The first-order valence-corrected chi connectivity index (χ1v) is 27.4. The number of benzene rings is 1. The first kappa shape index (κ1) is 63.6. The second-order valence-electron chi connectivity index (χ2n) is 17.4. The van der Waals surface area contributed by atoms with Gasteiger partial charge in [0.15, 0.2) is 0 Å². The van der Waals surface area contributed by atoms with Crippen LogP contribution < -0.4 is 4.74 Å². The van der Waals surface area contributed by atoms with E-state index in [0.717, 1.165) is 25.2 Å². The SMILES string of the molecule is CCCCCCCCCCCCCCCCCCOCCOCCOCCOCCOCCOCCOCCOCCOCCOCCOCCOc1ccc(CCCCCCCCC)cc1. The maximum Gasteiger partial charge on any atom is 0.119 e. The molecule has 0 amide bonds. The van der Waals surface area contributed by atoms with Crippen LogP contribution in [0.2, 0.25) is 0 Å². The van der Waals surface area contributed by atoms with Crippen molar-refractivity contribution in [2.24, 2.45) is 0 Å². The number of rotatable bonds is 59. The minimum absolute atomic E-state index is 0.516. The fourth-order valence-corrected chi connectivity index (χ4v) is 7.31.